The maximum absolute atomic E-state index is 12.3. The lowest BCUT2D eigenvalue weighted by atomic mass is 10.0. The van der Waals surface area contributed by atoms with Crippen LogP contribution >= 0.6 is 0 Å². The summed E-state index contributed by atoms with van der Waals surface area (Å²) < 4.78 is 35.9. The zero-order valence-corrected chi connectivity index (χ0v) is 13.7. The zero-order chi connectivity index (χ0) is 15.7. The molecule has 2 saturated heterocycles. The van der Waals surface area contributed by atoms with E-state index in [1.54, 1.807) is 18.7 Å². The number of hydrogen-bond donors (Lipinski definition) is 0. The van der Waals surface area contributed by atoms with Crippen molar-refractivity contribution in [1.82, 2.24) is 9.21 Å². The first kappa shape index (κ1) is 16.7. The topological polar surface area (TPSA) is 76.2 Å². The number of hydrogen-bond acceptors (Lipinski definition) is 5. The van der Waals surface area contributed by atoms with Crippen LogP contribution in [0.1, 0.15) is 26.7 Å². The monoisotopic (exact) mass is 320 g/mol. The van der Waals surface area contributed by atoms with Gasteiger partial charge in [0.25, 0.3) is 0 Å². The SMILES string of the molecule is CC(C)N(CC(=O)N1CCC2(CC1)OCCO2)S(C)(=O)=O. The number of piperidine rings is 1. The molecule has 0 N–H and O–H groups in total. The van der Waals surface area contributed by atoms with E-state index in [0.717, 1.165) is 6.26 Å². The molecule has 2 aliphatic rings. The highest BCUT2D eigenvalue weighted by Crippen LogP contribution is 2.31. The van der Waals surface area contributed by atoms with E-state index in [4.69, 9.17) is 9.47 Å². The van der Waals surface area contributed by atoms with Crippen LogP contribution in [0.5, 0.6) is 0 Å². The Bertz CT molecular complexity index is 475. The van der Waals surface area contributed by atoms with Crippen LogP contribution in [0, 0.1) is 0 Å². The van der Waals surface area contributed by atoms with Gasteiger partial charge in [0.2, 0.25) is 15.9 Å². The Labute approximate surface area is 126 Å². The molecule has 0 atom stereocenters. The van der Waals surface area contributed by atoms with Gasteiger partial charge in [-0.1, -0.05) is 0 Å². The van der Waals surface area contributed by atoms with Crippen molar-refractivity contribution in [2.45, 2.75) is 38.5 Å². The Hall–Kier alpha value is -0.700. The average Bonchev–Trinajstić information content (AvgIpc) is 2.83. The first-order valence-corrected chi connectivity index (χ1v) is 9.11. The predicted molar refractivity (Wildman–Crippen MR) is 77.1 cm³/mol. The molecule has 2 aliphatic heterocycles. The number of carbonyl (C=O) groups excluding carboxylic acids is 1. The Morgan fingerprint density at radius 1 is 1.24 bits per heavy atom. The van der Waals surface area contributed by atoms with Crippen molar-refractivity contribution in [2.24, 2.45) is 0 Å². The molecule has 0 bridgehead atoms. The molecule has 1 amide bonds. The molecule has 7 nitrogen and oxygen atoms in total. The van der Waals surface area contributed by atoms with Crippen LogP contribution in [0.15, 0.2) is 0 Å². The molecule has 21 heavy (non-hydrogen) atoms. The second-order valence-corrected chi connectivity index (χ2v) is 7.83. The molecule has 122 valence electrons. The van der Waals surface area contributed by atoms with Crippen molar-refractivity contribution in [3.63, 3.8) is 0 Å². The quantitative estimate of drug-likeness (QED) is 0.730. The van der Waals surface area contributed by atoms with Crippen molar-refractivity contribution in [1.29, 1.82) is 0 Å². The molecule has 8 heteroatoms. The van der Waals surface area contributed by atoms with Crippen molar-refractivity contribution in [3.05, 3.63) is 0 Å². The standard InChI is InChI=1S/C13H24N2O5S/c1-11(2)15(21(3,17)18)10-12(16)14-6-4-13(5-7-14)19-8-9-20-13/h11H,4-10H2,1-3H3. The molecule has 2 fully saturated rings. The van der Waals surface area contributed by atoms with E-state index in [9.17, 15) is 13.2 Å². The van der Waals surface area contributed by atoms with Crippen LogP contribution in [0.4, 0.5) is 0 Å². The molecular weight excluding hydrogens is 296 g/mol. The minimum Gasteiger partial charge on any atom is -0.347 e. The van der Waals surface area contributed by atoms with Gasteiger partial charge in [0, 0.05) is 32.0 Å². The Morgan fingerprint density at radius 3 is 2.19 bits per heavy atom. The lowest BCUT2D eigenvalue weighted by Crippen LogP contribution is -2.51. The normalized spacial score (nSPS) is 22.4. The highest BCUT2D eigenvalue weighted by molar-refractivity contribution is 7.88. The fourth-order valence-electron chi connectivity index (χ4n) is 2.80. The van der Waals surface area contributed by atoms with Crippen LogP contribution in [0.2, 0.25) is 0 Å². The number of rotatable bonds is 4. The molecule has 0 aliphatic carbocycles. The largest absolute Gasteiger partial charge is 0.347 e. The van der Waals surface area contributed by atoms with Crippen LogP contribution in [0.3, 0.4) is 0 Å². The van der Waals surface area contributed by atoms with Crippen molar-refractivity contribution >= 4 is 15.9 Å². The van der Waals surface area contributed by atoms with E-state index < -0.39 is 15.8 Å². The summed E-state index contributed by atoms with van der Waals surface area (Å²) >= 11 is 0. The van der Waals surface area contributed by atoms with Crippen LogP contribution < -0.4 is 0 Å². The molecule has 0 aromatic heterocycles. The van der Waals surface area contributed by atoms with E-state index in [2.05, 4.69) is 0 Å². The van der Waals surface area contributed by atoms with Crippen molar-refractivity contribution in [2.75, 3.05) is 39.1 Å². The number of amides is 1. The van der Waals surface area contributed by atoms with Gasteiger partial charge in [0.15, 0.2) is 5.79 Å². The molecule has 0 unspecified atom stereocenters. The fourth-order valence-corrected chi connectivity index (χ4v) is 3.91. The van der Waals surface area contributed by atoms with Crippen LogP contribution in [-0.4, -0.2) is 74.5 Å². The third-order valence-corrected chi connectivity index (χ3v) is 5.39. The molecular formula is C13H24N2O5S. The highest BCUT2D eigenvalue weighted by atomic mass is 32.2. The van der Waals surface area contributed by atoms with Gasteiger partial charge in [-0.2, -0.15) is 4.31 Å². The van der Waals surface area contributed by atoms with Gasteiger partial charge in [-0.05, 0) is 13.8 Å². The second-order valence-electron chi connectivity index (χ2n) is 5.89. The lowest BCUT2D eigenvalue weighted by molar-refractivity contribution is -0.187. The summed E-state index contributed by atoms with van der Waals surface area (Å²) in [5.41, 5.74) is 0. The smallest absolute Gasteiger partial charge is 0.237 e. The number of ether oxygens (including phenoxy) is 2. The lowest BCUT2D eigenvalue weighted by Gasteiger charge is -2.38. The summed E-state index contributed by atoms with van der Waals surface area (Å²) in [4.78, 5) is 14.0. The predicted octanol–water partition coefficient (Wildman–Crippen LogP) is 0.0219. The molecule has 0 aromatic carbocycles. The van der Waals surface area contributed by atoms with E-state index in [1.165, 1.54) is 4.31 Å². The molecule has 1 spiro atoms. The molecule has 0 saturated carbocycles. The van der Waals surface area contributed by atoms with Gasteiger partial charge in [-0.15, -0.1) is 0 Å². The van der Waals surface area contributed by atoms with Crippen LogP contribution in [0.25, 0.3) is 0 Å². The molecule has 0 radical (unpaired) electrons. The van der Waals surface area contributed by atoms with Gasteiger partial charge in [-0.25, -0.2) is 8.42 Å². The minimum absolute atomic E-state index is 0.106. The second kappa shape index (κ2) is 6.20. The molecule has 2 rings (SSSR count). The summed E-state index contributed by atoms with van der Waals surface area (Å²) in [7, 11) is -3.38. The van der Waals surface area contributed by atoms with E-state index >= 15 is 0 Å². The van der Waals surface area contributed by atoms with Gasteiger partial charge in [0.05, 0.1) is 26.0 Å². The maximum Gasteiger partial charge on any atom is 0.237 e. The van der Waals surface area contributed by atoms with Crippen molar-refractivity contribution < 1.29 is 22.7 Å². The Kier molecular flexibility index (Phi) is 4.92. The number of sulfonamides is 1. The molecule has 2 heterocycles. The summed E-state index contributed by atoms with van der Waals surface area (Å²) in [5.74, 6) is -0.687. The Morgan fingerprint density at radius 2 is 1.76 bits per heavy atom. The third-order valence-electron chi connectivity index (χ3n) is 3.98. The minimum atomic E-state index is -3.38. The summed E-state index contributed by atoms with van der Waals surface area (Å²) in [6, 6.07) is -0.235. The maximum atomic E-state index is 12.3. The van der Waals surface area contributed by atoms with Gasteiger partial charge >= 0.3 is 0 Å². The van der Waals surface area contributed by atoms with E-state index in [0.29, 0.717) is 39.1 Å². The van der Waals surface area contributed by atoms with Crippen molar-refractivity contribution in [3.8, 4) is 0 Å². The highest BCUT2D eigenvalue weighted by Gasteiger charge is 2.41. The zero-order valence-electron chi connectivity index (χ0n) is 12.9. The van der Waals surface area contributed by atoms with Gasteiger partial charge in [0.1, 0.15) is 0 Å². The summed E-state index contributed by atoms with van der Waals surface area (Å²) in [5, 5.41) is 0. The van der Waals surface area contributed by atoms with Crippen LogP contribution in [-0.2, 0) is 24.3 Å². The first-order valence-electron chi connectivity index (χ1n) is 7.26. The summed E-state index contributed by atoms with van der Waals surface area (Å²) in [6.45, 7) is 5.69. The van der Waals surface area contributed by atoms with Gasteiger partial charge < -0.3 is 14.4 Å². The first-order chi connectivity index (χ1) is 9.73. The third kappa shape index (κ3) is 3.94. The number of nitrogens with zero attached hydrogens (tertiary/aromatic N) is 2. The van der Waals surface area contributed by atoms with E-state index in [-0.39, 0.29) is 18.5 Å². The Balaban J connectivity index is 1.92. The fraction of sp³-hybridized carbons (Fsp3) is 0.923. The summed E-state index contributed by atoms with van der Waals surface area (Å²) in [6.07, 6.45) is 2.41. The molecule has 0 aromatic rings. The number of likely N-dealkylation sites (tertiary alicyclic amines) is 1. The number of carbonyl (C=O) groups is 1. The van der Waals surface area contributed by atoms with Gasteiger partial charge in [-0.3, -0.25) is 4.79 Å². The average molecular weight is 320 g/mol. The van der Waals surface area contributed by atoms with E-state index in [1.807, 2.05) is 0 Å².